The monoisotopic (exact) mass is 444 g/mol. The van der Waals surface area contributed by atoms with Crippen molar-refractivity contribution in [3.05, 3.63) is 53.1 Å². The summed E-state index contributed by atoms with van der Waals surface area (Å²) in [5.41, 5.74) is 2.56. The molecule has 1 fully saturated rings. The van der Waals surface area contributed by atoms with Gasteiger partial charge in [-0.25, -0.2) is 4.98 Å². The highest BCUT2D eigenvalue weighted by molar-refractivity contribution is 7.22. The molecular formula is C22H25ClN4O2S. The molecule has 0 unspecified atom stereocenters. The van der Waals surface area contributed by atoms with Gasteiger partial charge in [0.15, 0.2) is 5.13 Å². The van der Waals surface area contributed by atoms with Crippen LogP contribution >= 0.6 is 22.9 Å². The van der Waals surface area contributed by atoms with Crippen LogP contribution in [0.15, 0.2) is 42.5 Å². The Balaban J connectivity index is 1.61. The Kier molecular flexibility index (Phi) is 6.53. The Morgan fingerprint density at radius 3 is 2.60 bits per heavy atom. The minimum absolute atomic E-state index is 0.0429. The first-order valence-corrected chi connectivity index (χ1v) is 11.2. The van der Waals surface area contributed by atoms with Crippen molar-refractivity contribution in [1.29, 1.82) is 0 Å². The second-order valence-corrected chi connectivity index (χ2v) is 8.91. The Labute approximate surface area is 185 Å². The molecule has 30 heavy (non-hydrogen) atoms. The molecule has 6 nitrogen and oxygen atoms in total. The van der Waals surface area contributed by atoms with E-state index in [-0.39, 0.29) is 5.91 Å². The minimum atomic E-state index is -0.0429. The minimum Gasteiger partial charge on any atom is -0.379 e. The van der Waals surface area contributed by atoms with Crippen molar-refractivity contribution in [3.63, 3.8) is 0 Å². The number of rotatable bonds is 6. The number of morpholine rings is 1. The van der Waals surface area contributed by atoms with Gasteiger partial charge < -0.3 is 9.64 Å². The SMILES string of the molecule is CN(C)c1ccc(C(=O)N(CCN2CCOCC2)c2nc3ccc(Cl)cc3s2)cc1. The van der Waals surface area contributed by atoms with E-state index in [4.69, 9.17) is 21.3 Å². The van der Waals surface area contributed by atoms with Gasteiger partial charge in [0.1, 0.15) is 0 Å². The standard InChI is InChI=1S/C22H25ClN4O2S/c1-25(2)18-6-3-16(4-7-18)21(28)27(10-9-26-11-13-29-14-12-26)22-24-19-8-5-17(23)15-20(19)30-22/h3-8,15H,9-14H2,1-2H3. The van der Waals surface area contributed by atoms with Gasteiger partial charge in [0, 0.05) is 56.5 Å². The lowest BCUT2D eigenvalue weighted by Crippen LogP contribution is -2.43. The van der Waals surface area contributed by atoms with Crippen molar-refractivity contribution in [1.82, 2.24) is 9.88 Å². The summed E-state index contributed by atoms with van der Waals surface area (Å²) in [7, 11) is 3.97. The number of amides is 1. The third kappa shape index (κ3) is 4.75. The topological polar surface area (TPSA) is 48.9 Å². The normalized spacial score (nSPS) is 14.8. The lowest BCUT2D eigenvalue weighted by molar-refractivity contribution is 0.0391. The summed E-state index contributed by atoms with van der Waals surface area (Å²) in [5, 5.41) is 1.37. The molecule has 3 aromatic rings. The van der Waals surface area contributed by atoms with Crippen LogP contribution in [-0.4, -0.2) is 69.3 Å². The van der Waals surface area contributed by atoms with Crippen LogP contribution in [0.1, 0.15) is 10.4 Å². The molecule has 2 aromatic carbocycles. The fraction of sp³-hybridized carbons (Fsp3) is 0.364. The van der Waals surface area contributed by atoms with Crippen LogP contribution in [0.3, 0.4) is 0 Å². The van der Waals surface area contributed by atoms with Crippen molar-refractivity contribution in [3.8, 4) is 0 Å². The second-order valence-electron chi connectivity index (χ2n) is 7.46. The molecule has 0 bridgehead atoms. The van der Waals surface area contributed by atoms with E-state index >= 15 is 0 Å². The highest BCUT2D eigenvalue weighted by Crippen LogP contribution is 2.31. The summed E-state index contributed by atoms with van der Waals surface area (Å²) >= 11 is 7.64. The number of thiazole rings is 1. The zero-order chi connectivity index (χ0) is 21.1. The number of carbonyl (C=O) groups excluding carboxylic acids is 1. The van der Waals surface area contributed by atoms with Gasteiger partial charge in [0.05, 0.1) is 23.4 Å². The molecule has 1 aromatic heterocycles. The molecule has 1 aliphatic rings. The summed E-state index contributed by atoms with van der Waals surface area (Å²) in [6.45, 7) is 4.59. The maximum Gasteiger partial charge on any atom is 0.260 e. The number of aromatic nitrogens is 1. The largest absolute Gasteiger partial charge is 0.379 e. The molecule has 0 atom stereocenters. The summed E-state index contributed by atoms with van der Waals surface area (Å²) in [4.78, 5) is 24.3. The number of nitrogens with zero attached hydrogens (tertiary/aromatic N) is 4. The van der Waals surface area contributed by atoms with Gasteiger partial charge in [-0.15, -0.1) is 0 Å². The molecule has 1 saturated heterocycles. The van der Waals surface area contributed by atoms with E-state index in [9.17, 15) is 4.79 Å². The quantitative estimate of drug-likeness (QED) is 0.575. The van der Waals surface area contributed by atoms with Gasteiger partial charge >= 0.3 is 0 Å². The Morgan fingerprint density at radius 2 is 1.90 bits per heavy atom. The molecule has 0 radical (unpaired) electrons. The number of anilines is 2. The molecule has 1 aliphatic heterocycles. The number of hydrogen-bond donors (Lipinski definition) is 0. The fourth-order valence-corrected chi connectivity index (χ4v) is 4.68. The second kappa shape index (κ2) is 9.31. The zero-order valence-electron chi connectivity index (χ0n) is 17.2. The van der Waals surface area contributed by atoms with E-state index in [1.54, 1.807) is 4.90 Å². The van der Waals surface area contributed by atoms with Gasteiger partial charge in [0.2, 0.25) is 0 Å². The van der Waals surface area contributed by atoms with E-state index in [0.717, 1.165) is 48.8 Å². The maximum atomic E-state index is 13.5. The maximum absolute atomic E-state index is 13.5. The predicted octanol–water partition coefficient (Wildman–Crippen LogP) is 3.99. The highest BCUT2D eigenvalue weighted by atomic mass is 35.5. The Morgan fingerprint density at radius 1 is 1.17 bits per heavy atom. The fourth-order valence-electron chi connectivity index (χ4n) is 3.41. The molecule has 2 heterocycles. The molecule has 1 amide bonds. The van der Waals surface area contributed by atoms with E-state index in [1.807, 2.05) is 61.5 Å². The van der Waals surface area contributed by atoms with Crippen LogP contribution in [0.4, 0.5) is 10.8 Å². The predicted molar refractivity (Wildman–Crippen MR) is 124 cm³/mol. The first-order valence-electron chi connectivity index (χ1n) is 9.97. The summed E-state index contributed by atoms with van der Waals surface area (Å²) in [5.74, 6) is -0.0429. The third-order valence-corrected chi connectivity index (χ3v) is 6.47. The van der Waals surface area contributed by atoms with Gasteiger partial charge in [-0.05, 0) is 42.5 Å². The molecule has 4 rings (SSSR count). The van der Waals surface area contributed by atoms with Crippen LogP contribution in [-0.2, 0) is 4.74 Å². The highest BCUT2D eigenvalue weighted by Gasteiger charge is 2.23. The Hall–Kier alpha value is -2.19. The van der Waals surface area contributed by atoms with Gasteiger partial charge in [-0.3, -0.25) is 14.6 Å². The number of carbonyl (C=O) groups is 1. The number of halogens is 1. The van der Waals surface area contributed by atoms with Crippen molar-refractivity contribution in [2.75, 3.05) is 63.3 Å². The average molecular weight is 445 g/mol. The van der Waals surface area contributed by atoms with Crippen LogP contribution in [0.25, 0.3) is 10.2 Å². The van der Waals surface area contributed by atoms with Crippen molar-refractivity contribution in [2.45, 2.75) is 0 Å². The van der Waals surface area contributed by atoms with Crippen molar-refractivity contribution >= 4 is 49.9 Å². The van der Waals surface area contributed by atoms with E-state index in [0.29, 0.717) is 22.3 Å². The molecule has 0 aliphatic carbocycles. The van der Waals surface area contributed by atoms with E-state index < -0.39 is 0 Å². The van der Waals surface area contributed by atoms with Crippen LogP contribution in [0.2, 0.25) is 5.02 Å². The molecular weight excluding hydrogens is 420 g/mol. The number of benzene rings is 2. The van der Waals surface area contributed by atoms with Crippen LogP contribution in [0, 0.1) is 0 Å². The lowest BCUT2D eigenvalue weighted by atomic mass is 10.1. The van der Waals surface area contributed by atoms with Gasteiger partial charge in [-0.1, -0.05) is 22.9 Å². The Bertz CT molecular complexity index is 1020. The van der Waals surface area contributed by atoms with Crippen molar-refractivity contribution < 1.29 is 9.53 Å². The first-order chi connectivity index (χ1) is 14.5. The van der Waals surface area contributed by atoms with Crippen molar-refractivity contribution in [2.24, 2.45) is 0 Å². The molecule has 158 valence electrons. The van der Waals surface area contributed by atoms with Crippen LogP contribution < -0.4 is 9.80 Å². The molecule has 0 N–H and O–H groups in total. The summed E-state index contributed by atoms with van der Waals surface area (Å²) < 4.78 is 6.42. The van der Waals surface area contributed by atoms with E-state index in [2.05, 4.69) is 4.90 Å². The molecule has 8 heteroatoms. The number of fused-ring (bicyclic) bond motifs is 1. The molecule has 0 spiro atoms. The number of hydrogen-bond acceptors (Lipinski definition) is 6. The van der Waals surface area contributed by atoms with Gasteiger partial charge in [0.25, 0.3) is 5.91 Å². The third-order valence-electron chi connectivity index (χ3n) is 5.19. The first kappa shape index (κ1) is 21.1. The summed E-state index contributed by atoms with van der Waals surface area (Å²) in [6.07, 6.45) is 0. The van der Waals surface area contributed by atoms with Gasteiger partial charge in [-0.2, -0.15) is 0 Å². The smallest absolute Gasteiger partial charge is 0.260 e. The molecule has 0 saturated carbocycles. The number of ether oxygens (including phenoxy) is 1. The summed E-state index contributed by atoms with van der Waals surface area (Å²) in [6, 6.07) is 13.3. The van der Waals surface area contributed by atoms with E-state index in [1.165, 1.54) is 11.3 Å². The average Bonchev–Trinajstić information content (AvgIpc) is 3.17. The lowest BCUT2D eigenvalue weighted by Gasteiger charge is -2.29. The zero-order valence-corrected chi connectivity index (χ0v) is 18.7. The van der Waals surface area contributed by atoms with Crippen LogP contribution in [0.5, 0.6) is 0 Å².